The van der Waals surface area contributed by atoms with E-state index in [0.29, 0.717) is 5.78 Å². The molecule has 110 valence electrons. The van der Waals surface area contributed by atoms with Crippen LogP contribution < -0.4 is 0 Å². The van der Waals surface area contributed by atoms with Gasteiger partial charge in [0.15, 0.2) is 0 Å². The quantitative estimate of drug-likeness (QED) is 0.826. The molecule has 0 amide bonds. The van der Waals surface area contributed by atoms with E-state index in [4.69, 9.17) is 0 Å². The lowest BCUT2D eigenvalue weighted by Gasteiger charge is -2.24. The molecule has 1 aromatic heterocycles. The van der Waals surface area contributed by atoms with Gasteiger partial charge in [-0.15, -0.1) is 0 Å². The van der Waals surface area contributed by atoms with Gasteiger partial charge in [-0.1, -0.05) is 26.8 Å². The van der Waals surface area contributed by atoms with Crippen molar-refractivity contribution in [1.29, 1.82) is 0 Å². The Labute approximate surface area is 122 Å². The fourth-order valence-electron chi connectivity index (χ4n) is 3.05. The van der Waals surface area contributed by atoms with Gasteiger partial charge in [-0.25, -0.2) is 0 Å². The van der Waals surface area contributed by atoms with Crippen LogP contribution in [0.5, 0.6) is 0 Å². The molecule has 1 heterocycles. The van der Waals surface area contributed by atoms with Gasteiger partial charge in [0.05, 0.1) is 5.69 Å². The number of nitrogens with zero attached hydrogens (tertiary/aromatic N) is 2. The van der Waals surface area contributed by atoms with Crippen LogP contribution in [0.2, 0.25) is 0 Å². The molecule has 1 aromatic rings. The molecule has 1 unspecified atom stereocenters. The molecule has 20 heavy (non-hydrogen) atoms. The van der Waals surface area contributed by atoms with Crippen LogP contribution in [0.4, 0.5) is 0 Å². The molecule has 1 fully saturated rings. The highest BCUT2D eigenvalue weighted by Gasteiger charge is 2.40. The highest BCUT2D eigenvalue weighted by Crippen LogP contribution is 2.37. The molecule has 0 aromatic carbocycles. The lowest BCUT2D eigenvalue weighted by atomic mass is 9.89. The molecule has 0 bridgehead atoms. The topological polar surface area (TPSA) is 33.2 Å². The maximum Gasteiger partial charge on any atom is 0.142 e. The highest BCUT2D eigenvalue weighted by molar-refractivity contribution is 5.88. The molecule has 1 aliphatic carbocycles. The Bertz CT molecular complexity index is 482. The van der Waals surface area contributed by atoms with E-state index in [2.05, 4.69) is 42.8 Å². The molecule has 0 N–H and O–H groups in total. The molecule has 3 heteroatoms. The fourth-order valence-corrected chi connectivity index (χ4v) is 3.05. The van der Waals surface area contributed by atoms with Crippen LogP contribution in [0.3, 0.4) is 0 Å². The van der Waals surface area contributed by atoms with Crippen molar-refractivity contribution in [3.05, 3.63) is 29.6 Å². The predicted molar refractivity (Wildman–Crippen MR) is 81.4 cm³/mol. The zero-order valence-corrected chi connectivity index (χ0v) is 13.1. The Morgan fingerprint density at radius 1 is 1.40 bits per heavy atom. The third-order valence-electron chi connectivity index (χ3n) is 4.41. The summed E-state index contributed by atoms with van der Waals surface area (Å²) in [5.74, 6) is 0.642. The molecule has 0 saturated heterocycles. The Balaban J connectivity index is 1.98. The standard InChI is InChI=1S/C17H26N2O/c1-5-19(12-15-8-6-7-13(2)18-15)11-14-9-10-17(3,4)16(14)20/h6-8,14H,5,9-12H2,1-4H3. The second kappa shape index (κ2) is 6.04. The van der Waals surface area contributed by atoms with E-state index < -0.39 is 0 Å². The van der Waals surface area contributed by atoms with Crippen molar-refractivity contribution in [3.8, 4) is 0 Å². The van der Waals surface area contributed by atoms with Crippen molar-refractivity contribution < 1.29 is 4.79 Å². The van der Waals surface area contributed by atoms with Gasteiger partial charge in [-0.05, 0) is 38.4 Å². The molecule has 3 nitrogen and oxygen atoms in total. The number of carbonyl (C=O) groups is 1. The maximum absolute atomic E-state index is 12.3. The van der Waals surface area contributed by atoms with Crippen LogP contribution in [0, 0.1) is 18.3 Å². The Morgan fingerprint density at radius 2 is 2.15 bits per heavy atom. The molecule has 1 atom stereocenters. The number of aryl methyl sites for hydroxylation is 1. The van der Waals surface area contributed by atoms with Gasteiger partial charge in [0, 0.05) is 30.1 Å². The average molecular weight is 274 g/mol. The molecule has 1 saturated carbocycles. The van der Waals surface area contributed by atoms with Crippen molar-refractivity contribution in [3.63, 3.8) is 0 Å². The maximum atomic E-state index is 12.3. The minimum absolute atomic E-state index is 0.119. The molecule has 0 aliphatic heterocycles. The van der Waals surface area contributed by atoms with Gasteiger partial charge in [0.1, 0.15) is 5.78 Å². The van der Waals surface area contributed by atoms with E-state index in [9.17, 15) is 4.79 Å². The third kappa shape index (κ3) is 3.45. The highest BCUT2D eigenvalue weighted by atomic mass is 16.1. The van der Waals surface area contributed by atoms with Gasteiger partial charge in [0.2, 0.25) is 0 Å². The molecule has 1 aliphatic rings. The van der Waals surface area contributed by atoms with Gasteiger partial charge >= 0.3 is 0 Å². The van der Waals surface area contributed by atoms with Crippen molar-refractivity contribution in [1.82, 2.24) is 9.88 Å². The number of rotatable bonds is 5. The SMILES string of the molecule is CCN(Cc1cccc(C)n1)CC1CCC(C)(C)C1=O. The number of hydrogen-bond donors (Lipinski definition) is 0. The third-order valence-corrected chi connectivity index (χ3v) is 4.41. The minimum atomic E-state index is -0.119. The van der Waals surface area contributed by atoms with E-state index in [0.717, 1.165) is 43.9 Å². The van der Waals surface area contributed by atoms with Gasteiger partial charge < -0.3 is 0 Å². The van der Waals surface area contributed by atoms with E-state index in [1.165, 1.54) is 0 Å². The van der Waals surface area contributed by atoms with Crippen molar-refractivity contribution in [2.45, 2.75) is 47.1 Å². The zero-order chi connectivity index (χ0) is 14.8. The second-order valence-corrected chi connectivity index (χ2v) is 6.58. The van der Waals surface area contributed by atoms with Gasteiger partial charge in [-0.3, -0.25) is 14.7 Å². The molecule has 0 spiro atoms. The summed E-state index contributed by atoms with van der Waals surface area (Å²) in [6.07, 6.45) is 2.06. The summed E-state index contributed by atoms with van der Waals surface area (Å²) in [6, 6.07) is 6.13. The number of pyridine rings is 1. The fraction of sp³-hybridized carbons (Fsp3) is 0.647. The van der Waals surface area contributed by atoms with Crippen LogP contribution >= 0.6 is 0 Å². The summed E-state index contributed by atoms with van der Waals surface area (Å²) in [5.41, 5.74) is 2.03. The second-order valence-electron chi connectivity index (χ2n) is 6.58. The number of aromatic nitrogens is 1. The summed E-state index contributed by atoms with van der Waals surface area (Å²) in [6.45, 7) is 11.0. The van der Waals surface area contributed by atoms with E-state index in [-0.39, 0.29) is 11.3 Å². The van der Waals surface area contributed by atoms with Crippen LogP contribution in [-0.2, 0) is 11.3 Å². The normalized spacial score (nSPS) is 21.6. The average Bonchev–Trinajstić information content (AvgIpc) is 2.65. The van der Waals surface area contributed by atoms with Crippen LogP contribution in [0.1, 0.15) is 45.0 Å². The van der Waals surface area contributed by atoms with Gasteiger partial charge in [0.25, 0.3) is 0 Å². The van der Waals surface area contributed by atoms with Crippen LogP contribution in [0.15, 0.2) is 18.2 Å². The first-order valence-electron chi connectivity index (χ1n) is 7.61. The molecule has 2 rings (SSSR count). The smallest absolute Gasteiger partial charge is 0.142 e. The Kier molecular flexibility index (Phi) is 4.59. The van der Waals surface area contributed by atoms with Crippen molar-refractivity contribution in [2.75, 3.05) is 13.1 Å². The van der Waals surface area contributed by atoms with E-state index in [1.54, 1.807) is 0 Å². The molecule has 0 radical (unpaired) electrons. The minimum Gasteiger partial charge on any atom is -0.299 e. The number of ketones is 1. The summed E-state index contributed by atoms with van der Waals surface area (Å²) in [4.78, 5) is 19.2. The Morgan fingerprint density at radius 3 is 2.70 bits per heavy atom. The summed E-state index contributed by atoms with van der Waals surface area (Å²) >= 11 is 0. The number of hydrogen-bond acceptors (Lipinski definition) is 3. The summed E-state index contributed by atoms with van der Waals surface area (Å²) < 4.78 is 0. The summed E-state index contributed by atoms with van der Waals surface area (Å²) in [5, 5.41) is 0. The lowest BCUT2D eigenvalue weighted by molar-refractivity contribution is -0.128. The van der Waals surface area contributed by atoms with Crippen LogP contribution in [0.25, 0.3) is 0 Å². The van der Waals surface area contributed by atoms with E-state index >= 15 is 0 Å². The largest absolute Gasteiger partial charge is 0.299 e. The molecular weight excluding hydrogens is 248 g/mol. The Hall–Kier alpha value is -1.22. The molecular formula is C17H26N2O. The number of carbonyl (C=O) groups excluding carboxylic acids is 1. The zero-order valence-electron chi connectivity index (χ0n) is 13.1. The van der Waals surface area contributed by atoms with Crippen LogP contribution in [-0.4, -0.2) is 28.8 Å². The first-order chi connectivity index (χ1) is 9.42. The predicted octanol–water partition coefficient (Wildman–Crippen LogP) is 3.22. The monoisotopic (exact) mass is 274 g/mol. The van der Waals surface area contributed by atoms with E-state index in [1.807, 2.05) is 13.0 Å². The van der Waals surface area contributed by atoms with Gasteiger partial charge in [-0.2, -0.15) is 0 Å². The van der Waals surface area contributed by atoms with Crippen molar-refractivity contribution in [2.24, 2.45) is 11.3 Å². The first-order valence-corrected chi connectivity index (χ1v) is 7.61. The van der Waals surface area contributed by atoms with Crippen molar-refractivity contribution >= 4 is 5.78 Å². The first kappa shape index (κ1) is 15.2. The number of Topliss-reactive ketones (excluding diaryl/α,β-unsaturated/α-hetero) is 1. The summed E-state index contributed by atoms with van der Waals surface area (Å²) in [7, 11) is 0. The lowest BCUT2D eigenvalue weighted by Crippen LogP contribution is -2.33.